The first-order chi connectivity index (χ1) is 10.3. The summed E-state index contributed by atoms with van der Waals surface area (Å²) >= 11 is 0. The summed E-state index contributed by atoms with van der Waals surface area (Å²) in [7, 11) is 0. The van der Waals surface area contributed by atoms with Crippen LogP contribution in [-0.4, -0.2) is 13.2 Å². The van der Waals surface area contributed by atoms with E-state index in [1.54, 1.807) is 0 Å². The maximum absolute atomic E-state index is 5.70. The van der Waals surface area contributed by atoms with Gasteiger partial charge in [-0.1, -0.05) is 43.2 Å². The van der Waals surface area contributed by atoms with Crippen molar-refractivity contribution in [3.8, 4) is 5.75 Å². The molecule has 1 N–H and O–H groups in total. The quantitative estimate of drug-likeness (QED) is 0.701. The van der Waals surface area contributed by atoms with Gasteiger partial charge in [0.1, 0.15) is 12.4 Å². The molecule has 0 aliphatic carbocycles. The fourth-order valence-electron chi connectivity index (χ4n) is 2.17. The molecule has 2 aromatic rings. The topological polar surface area (TPSA) is 21.3 Å². The maximum atomic E-state index is 5.70. The molecule has 0 aliphatic heterocycles. The zero-order chi connectivity index (χ0) is 14.9. The van der Waals surface area contributed by atoms with Crippen molar-refractivity contribution >= 4 is 5.69 Å². The van der Waals surface area contributed by atoms with Gasteiger partial charge < -0.3 is 10.1 Å². The number of rotatable bonds is 8. The zero-order valence-corrected chi connectivity index (χ0v) is 13.1. The highest BCUT2D eigenvalue weighted by Gasteiger charge is 1.96. The number of nitrogens with one attached hydrogen (secondary N) is 1. The molecule has 2 rings (SSSR count). The van der Waals surface area contributed by atoms with Crippen LogP contribution < -0.4 is 10.1 Å². The molecule has 2 aromatic carbocycles. The van der Waals surface area contributed by atoms with Crippen molar-refractivity contribution in [2.24, 2.45) is 0 Å². The van der Waals surface area contributed by atoms with Gasteiger partial charge in [-0.15, -0.1) is 0 Å². The lowest BCUT2D eigenvalue weighted by atomic mass is 10.1. The van der Waals surface area contributed by atoms with E-state index >= 15 is 0 Å². The van der Waals surface area contributed by atoms with Crippen LogP contribution in [0.15, 0.2) is 48.5 Å². The summed E-state index contributed by atoms with van der Waals surface area (Å²) in [6.45, 7) is 5.78. The molecule has 2 nitrogen and oxygen atoms in total. The highest BCUT2D eigenvalue weighted by Crippen LogP contribution is 2.13. The van der Waals surface area contributed by atoms with Crippen molar-refractivity contribution in [2.75, 3.05) is 18.5 Å². The molecule has 0 aliphatic rings. The number of unbranched alkanes of at least 4 members (excludes halogenated alkanes) is 1. The average Bonchev–Trinajstić information content (AvgIpc) is 2.52. The fourth-order valence-corrected chi connectivity index (χ4v) is 2.17. The summed E-state index contributed by atoms with van der Waals surface area (Å²) in [6, 6.07) is 16.9. The van der Waals surface area contributed by atoms with E-state index in [2.05, 4.69) is 55.6 Å². The zero-order valence-electron chi connectivity index (χ0n) is 13.1. The maximum Gasteiger partial charge on any atom is 0.119 e. The second-order valence-corrected chi connectivity index (χ2v) is 5.39. The van der Waals surface area contributed by atoms with Crippen LogP contribution >= 0.6 is 0 Å². The van der Waals surface area contributed by atoms with Crippen LogP contribution in [0.1, 0.15) is 30.9 Å². The van der Waals surface area contributed by atoms with E-state index < -0.39 is 0 Å². The van der Waals surface area contributed by atoms with Crippen LogP contribution in [0, 0.1) is 6.92 Å². The Morgan fingerprint density at radius 3 is 2.33 bits per heavy atom. The van der Waals surface area contributed by atoms with Crippen molar-refractivity contribution in [2.45, 2.75) is 33.1 Å². The van der Waals surface area contributed by atoms with Gasteiger partial charge in [0.15, 0.2) is 0 Å². The molecule has 0 saturated carbocycles. The van der Waals surface area contributed by atoms with Gasteiger partial charge in [-0.3, -0.25) is 0 Å². The van der Waals surface area contributed by atoms with Gasteiger partial charge in [0.05, 0.1) is 0 Å². The molecule has 0 saturated heterocycles. The van der Waals surface area contributed by atoms with Gasteiger partial charge in [-0.2, -0.15) is 0 Å². The molecule has 112 valence electrons. The normalized spacial score (nSPS) is 10.4. The van der Waals surface area contributed by atoms with E-state index in [1.807, 2.05) is 12.1 Å². The van der Waals surface area contributed by atoms with Gasteiger partial charge in [-0.25, -0.2) is 0 Å². The molecule has 21 heavy (non-hydrogen) atoms. The van der Waals surface area contributed by atoms with Crippen LogP contribution in [0.5, 0.6) is 5.75 Å². The second-order valence-electron chi connectivity index (χ2n) is 5.39. The first kappa shape index (κ1) is 15.4. The Labute approximate surface area is 128 Å². The summed E-state index contributed by atoms with van der Waals surface area (Å²) in [4.78, 5) is 0. The molecular formula is C19H25NO. The Balaban J connectivity index is 1.69. The Hall–Kier alpha value is -1.96. The number of hydrogen-bond donors (Lipinski definition) is 1. The first-order valence-electron chi connectivity index (χ1n) is 7.80. The lowest BCUT2D eigenvalue weighted by molar-refractivity contribution is 0.333. The number of benzene rings is 2. The van der Waals surface area contributed by atoms with Gasteiger partial charge in [0, 0.05) is 12.2 Å². The highest BCUT2D eigenvalue weighted by molar-refractivity contribution is 5.44. The van der Waals surface area contributed by atoms with Crippen molar-refractivity contribution < 1.29 is 4.74 Å². The van der Waals surface area contributed by atoms with Crippen LogP contribution in [0.2, 0.25) is 0 Å². The molecule has 0 atom stereocenters. The molecule has 0 bridgehead atoms. The lowest BCUT2D eigenvalue weighted by Crippen LogP contribution is -2.11. The first-order valence-corrected chi connectivity index (χ1v) is 7.80. The minimum atomic E-state index is 0.667. The third-order valence-corrected chi connectivity index (χ3v) is 3.49. The summed E-state index contributed by atoms with van der Waals surface area (Å²) in [5, 5.41) is 3.38. The summed E-state index contributed by atoms with van der Waals surface area (Å²) in [5.74, 6) is 0.928. The minimum Gasteiger partial charge on any atom is -0.492 e. The predicted octanol–water partition coefficient (Wildman–Crippen LogP) is 4.83. The SMILES string of the molecule is CCCCc1ccc(NCCOc2ccc(C)cc2)cc1. The Morgan fingerprint density at radius 2 is 1.67 bits per heavy atom. The smallest absolute Gasteiger partial charge is 0.119 e. The average molecular weight is 283 g/mol. The van der Waals surface area contributed by atoms with E-state index in [9.17, 15) is 0 Å². The van der Waals surface area contributed by atoms with Crippen LogP contribution in [0.25, 0.3) is 0 Å². The lowest BCUT2D eigenvalue weighted by Gasteiger charge is -2.09. The fraction of sp³-hybridized carbons (Fsp3) is 0.368. The van der Waals surface area contributed by atoms with E-state index in [0.29, 0.717) is 6.61 Å². The summed E-state index contributed by atoms with van der Waals surface area (Å²) in [5.41, 5.74) is 3.82. The van der Waals surface area contributed by atoms with Crippen LogP contribution in [-0.2, 0) is 6.42 Å². The Bertz CT molecular complexity index is 516. The van der Waals surface area contributed by atoms with E-state index in [0.717, 1.165) is 18.0 Å². The molecule has 0 amide bonds. The molecular weight excluding hydrogens is 258 g/mol. The van der Waals surface area contributed by atoms with Gasteiger partial charge in [-0.05, 0) is 49.6 Å². The third kappa shape index (κ3) is 5.50. The number of anilines is 1. The molecule has 0 radical (unpaired) electrons. The molecule has 0 fully saturated rings. The minimum absolute atomic E-state index is 0.667. The highest BCUT2D eigenvalue weighted by atomic mass is 16.5. The number of ether oxygens (including phenoxy) is 1. The van der Waals surface area contributed by atoms with Gasteiger partial charge in [0.2, 0.25) is 0 Å². The number of aryl methyl sites for hydroxylation is 2. The standard InChI is InChI=1S/C19H25NO/c1-3-4-5-17-8-10-18(11-9-17)20-14-15-21-19-12-6-16(2)7-13-19/h6-13,20H,3-5,14-15H2,1-2H3. The Morgan fingerprint density at radius 1 is 0.952 bits per heavy atom. The summed E-state index contributed by atoms with van der Waals surface area (Å²) in [6.07, 6.45) is 3.68. The monoisotopic (exact) mass is 283 g/mol. The van der Waals surface area contributed by atoms with Crippen LogP contribution in [0.4, 0.5) is 5.69 Å². The van der Waals surface area contributed by atoms with Crippen molar-refractivity contribution in [1.82, 2.24) is 0 Å². The molecule has 0 unspecified atom stereocenters. The molecule has 0 aromatic heterocycles. The van der Waals surface area contributed by atoms with E-state index in [4.69, 9.17) is 4.74 Å². The number of hydrogen-bond acceptors (Lipinski definition) is 2. The van der Waals surface area contributed by atoms with Crippen LogP contribution in [0.3, 0.4) is 0 Å². The van der Waals surface area contributed by atoms with Gasteiger partial charge >= 0.3 is 0 Å². The molecule has 2 heteroatoms. The predicted molar refractivity (Wildman–Crippen MR) is 90.2 cm³/mol. The van der Waals surface area contributed by atoms with E-state index in [-0.39, 0.29) is 0 Å². The Kier molecular flexibility index (Phi) is 6.14. The van der Waals surface area contributed by atoms with Gasteiger partial charge in [0.25, 0.3) is 0 Å². The second kappa shape index (κ2) is 8.35. The van der Waals surface area contributed by atoms with Crippen molar-refractivity contribution in [1.29, 1.82) is 0 Å². The largest absolute Gasteiger partial charge is 0.492 e. The molecule has 0 spiro atoms. The van der Waals surface area contributed by atoms with Crippen molar-refractivity contribution in [3.05, 3.63) is 59.7 Å². The van der Waals surface area contributed by atoms with E-state index in [1.165, 1.54) is 30.4 Å². The third-order valence-electron chi connectivity index (χ3n) is 3.49. The van der Waals surface area contributed by atoms with Crippen molar-refractivity contribution in [3.63, 3.8) is 0 Å². The molecule has 0 heterocycles. The summed E-state index contributed by atoms with van der Waals surface area (Å²) < 4.78 is 5.70.